The number of morpholine rings is 1. The predicted molar refractivity (Wildman–Crippen MR) is 140 cm³/mol. The van der Waals surface area contributed by atoms with Gasteiger partial charge in [-0.05, 0) is 41.8 Å². The van der Waals surface area contributed by atoms with Gasteiger partial charge in [0.2, 0.25) is 5.95 Å². The summed E-state index contributed by atoms with van der Waals surface area (Å²) in [6, 6.07) is 19.3. The Labute approximate surface area is 202 Å². The maximum Gasteiger partial charge on any atom is 0.222 e. The van der Waals surface area contributed by atoms with Gasteiger partial charge in [-0.25, -0.2) is 9.99 Å². The van der Waals surface area contributed by atoms with Gasteiger partial charge in [0.1, 0.15) is 0 Å². The van der Waals surface area contributed by atoms with E-state index in [1.807, 2.05) is 17.3 Å². The molecular formula is C26H26N6OS. The van der Waals surface area contributed by atoms with Gasteiger partial charge in [0, 0.05) is 36.3 Å². The lowest BCUT2D eigenvalue weighted by molar-refractivity contribution is 0.122. The van der Waals surface area contributed by atoms with E-state index in [0.29, 0.717) is 0 Å². The number of anilines is 3. The average Bonchev–Trinajstić information content (AvgIpc) is 3.52. The quantitative estimate of drug-likeness (QED) is 0.451. The van der Waals surface area contributed by atoms with Gasteiger partial charge in [-0.15, -0.1) is 11.3 Å². The van der Waals surface area contributed by atoms with Gasteiger partial charge in [-0.1, -0.05) is 36.4 Å². The summed E-state index contributed by atoms with van der Waals surface area (Å²) in [6.07, 6.45) is 2.78. The molecule has 1 atom stereocenters. The maximum atomic E-state index is 6.14. The van der Waals surface area contributed by atoms with Gasteiger partial charge in [0.05, 0.1) is 29.5 Å². The number of nitrogens with zero attached hydrogens (tertiary/aromatic N) is 5. The first-order valence-electron chi connectivity index (χ1n) is 11.5. The van der Waals surface area contributed by atoms with Crippen molar-refractivity contribution in [1.29, 1.82) is 0 Å². The van der Waals surface area contributed by atoms with Crippen molar-refractivity contribution in [1.82, 2.24) is 9.97 Å². The number of hydrazone groups is 1. The fraction of sp³-hybridized carbons (Fsp3) is 0.269. The molecule has 2 aliphatic rings. The molecule has 2 aromatic heterocycles. The number of aryl methyl sites for hydroxylation is 1. The zero-order valence-electron chi connectivity index (χ0n) is 19.0. The van der Waals surface area contributed by atoms with E-state index in [0.717, 1.165) is 53.6 Å². The number of aromatic nitrogens is 2. The van der Waals surface area contributed by atoms with Crippen molar-refractivity contribution in [2.75, 3.05) is 41.9 Å². The Kier molecular flexibility index (Phi) is 5.39. The summed E-state index contributed by atoms with van der Waals surface area (Å²) in [5.74, 6) is 1.03. The maximum absolute atomic E-state index is 6.14. The highest BCUT2D eigenvalue weighted by atomic mass is 32.1. The van der Waals surface area contributed by atoms with E-state index in [1.165, 1.54) is 22.4 Å². The molecule has 6 rings (SSSR count). The third kappa shape index (κ3) is 3.78. The van der Waals surface area contributed by atoms with Crippen LogP contribution in [0.15, 0.2) is 59.7 Å². The number of nitrogen functional groups attached to an aromatic ring is 1. The Balaban J connectivity index is 1.39. The number of hydrogen-bond acceptors (Lipinski definition) is 8. The van der Waals surface area contributed by atoms with E-state index in [2.05, 4.69) is 75.4 Å². The van der Waals surface area contributed by atoms with Crippen molar-refractivity contribution >= 4 is 45.2 Å². The summed E-state index contributed by atoms with van der Waals surface area (Å²) in [5, 5.41) is 6.66. The number of hydrogen-bond donors (Lipinski definition) is 1. The summed E-state index contributed by atoms with van der Waals surface area (Å²) in [4.78, 5) is 12.7. The van der Waals surface area contributed by atoms with Crippen LogP contribution in [0.3, 0.4) is 0 Å². The number of fused-ring (bicyclic) bond motifs is 1. The smallest absolute Gasteiger partial charge is 0.222 e. The number of ether oxygens (including phenoxy) is 1. The molecule has 1 fully saturated rings. The number of benzene rings is 2. The van der Waals surface area contributed by atoms with Gasteiger partial charge >= 0.3 is 0 Å². The number of rotatable bonds is 4. The molecule has 4 aromatic rings. The van der Waals surface area contributed by atoms with Crippen molar-refractivity contribution in [3.05, 3.63) is 65.7 Å². The lowest BCUT2D eigenvalue weighted by Gasteiger charge is -2.29. The van der Waals surface area contributed by atoms with Crippen LogP contribution in [-0.4, -0.2) is 42.5 Å². The van der Waals surface area contributed by atoms with E-state index >= 15 is 0 Å². The van der Waals surface area contributed by atoms with Crippen LogP contribution in [0, 0.1) is 6.92 Å². The topological polar surface area (TPSA) is 79.9 Å². The van der Waals surface area contributed by atoms with Crippen LogP contribution < -0.4 is 15.6 Å². The van der Waals surface area contributed by atoms with Crippen LogP contribution in [0.1, 0.15) is 23.6 Å². The Morgan fingerprint density at radius 1 is 1.03 bits per heavy atom. The van der Waals surface area contributed by atoms with Crippen LogP contribution >= 0.6 is 11.3 Å². The predicted octanol–water partition coefficient (Wildman–Crippen LogP) is 5.02. The summed E-state index contributed by atoms with van der Waals surface area (Å²) in [5.41, 5.74) is 11.9. The number of thiophene rings is 1. The second kappa shape index (κ2) is 8.70. The molecule has 0 radical (unpaired) electrons. The van der Waals surface area contributed by atoms with E-state index in [1.54, 1.807) is 11.3 Å². The van der Waals surface area contributed by atoms with Crippen molar-refractivity contribution in [3.8, 4) is 10.4 Å². The summed E-state index contributed by atoms with van der Waals surface area (Å²) in [7, 11) is 0. The average molecular weight is 471 g/mol. The molecule has 7 nitrogen and oxygen atoms in total. The highest BCUT2D eigenvalue weighted by molar-refractivity contribution is 7.22. The lowest BCUT2D eigenvalue weighted by atomic mass is 10.0. The Morgan fingerprint density at radius 2 is 1.85 bits per heavy atom. The van der Waals surface area contributed by atoms with E-state index in [4.69, 9.17) is 10.5 Å². The minimum absolute atomic E-state index is 0.0961. The minimum atomic E-state index is 0.0961. The molecule has 8 heteroatoms. The Bertz CT molecular complexity index is 1360. The zero-order chi connectivity index (χ0) is 23.1. The van der Waals surface area contributed by atoms with E-state index in [9.17, 15) is 0 Å². The molecule has 172 valence electrons. The molecule has 1 unspecified atom stereocenters. The Hall–Kier alpha value is -3.49. The molecule has 2 aromatic carbocycles. The first kappa shape index (κ1) is 21.1. The van der Waals surface area contributed by atoms with Gasteiger partial charge < -0.3 is 15.4 Å². The molecule has 1 saturated heterocycles. The van der Waals surface area contributed by atoms with E-state index in [-0.39, 0.29) is 12.0 Å². The SMILES string of the molecule is Cc1cc(N2CCOCC2)ccc1-c1cc2nc(N)nc(N3N=CCC3c3ccccc3)c2s1. The minimum Gasteiger partial charge on any atom is -0.378 e. The molecular weight excluding hydrogens is 444 g/mol. The molecule has 2 N–H and O–H groups in total. The molecule has 34 heavy (non-hydrogen) atoms. The van der Waals surface area contributed by atoms with Crippen molar-refractivity contribution in [2.24, 2.45) is 5.10 Å². The van der Waals surface area contributed by atoms with Crippen molar-refractivity contribution in [3.63, 3.8) is 0 Å². The molecule has 0 bridgehead atoms. The normalized spacial score (nSPS) is 18.2. The third-order valence-corrected chi connectivity index (χ3v) is 7.61. The first-order chi connectivity index (χ1) is 16.7. The monoisotopic (exact) mass is 470 g/mol. The van der Waals surface area contributed by atoms with Gasteiger partial charge in [-0.3, -0.25) is 0 Å². The second-order valence-corrected chi connectivity index (χ2v) is 9.69. The highest BCUT2D eigenvalue weighted by Crippen LogP contribution is 2.42. The standard InChI is InChI=1S/C26H26N6OS/c1-17-15-19(31-11-13-33-14-12-31)7-8-20(17)23-16-21-24(34-23)25(30-26(27)29-21)32-22(9-10-28-32)18-5-3-2-4-6-18/h2-8,10,15-16,22H,9,11-14H2,1H3,(H2,27,29,30). The van der Waals surface area contributed by atoms with Crippen LogP contribution in [0.25, 0.3) is 20.7 Å². The zero-order valence-corrected chi connectivity index (χ0v) is 19.8. The fourth-order valence-electron chi connectivity index (χ4n) is 4.73. The van der Waals surface area contributed by atoms with Crippen LogP contribution in [0.5, 0.6) is 0 Å². The van der Waals surface area contributed by atoms with E-state index < -0.39 is 0 Å². The van der Waals surface area contributed by atoms with Crippen LogP contribution in [0.2, 0.25) is 0 Å². The van der Waals surface area contributed by atoms with Crippen LogP contribution in [0.4, 0.5) is 17.5 Å². The van der Waals surface area contributed by atoms with Gasteiger partial charge in [0.15, 0.2) is 5.82 Å². The second-order valence-electron chi connectivity index (χ2n) is 8.63. The van der Waals surface area contributed by atoms with Crippen molar-refractivity contribution < 1.29 is 4.74 Å². The molecule has 4 heterocycles. The molecule has 0 spiro atoms. The number of nitrogens with two attached hydrogens (primary N) is 1. The van der Waals surface area contributed by atoms with Gasteiger partial charge in [-0.2, -0.15) is 10.1 Å². The Morgan fingerprint density at radius 3 is 2.65 bits per heavy atom. The summed E-state index contributed by atoms with van der Waals surface area (Å²) in [6.45, 7) is 5.59. The molecule has 2 aliphatic heterocycles. The molecule has 0 amide bonds. The first-order valence-corrected chi connectivity index (χ1v) is 12.4. The highest BCUT2D eigenvalue weighted by Gasteiger charge is 2.28. The van der Waals surface area contributed by atoms with Crippen LogP contribution in [-0.2, 0) is 4.74 Å². The fourth-order valence-corrected chi connectivity index (χ4v) is 5.90. The largest absolute Gasteiger partial charge is 0.378 e. The lowest BCUT2D eigenvalue weighted by Crippen LogP contribution is -2.36. The molecule has 0 aliphatic carbocycles. The summed E-state index contributed by atoms with van der Waals surface area (Å²) < 4.78 is 6.50. The molecule has 0 saturated carbocycles. The summed E-state index contributed by atoms with van der Waals surface area (Å²) >= 11 is 1.70. The van der Waals surface area contributed by atoms with Crippen molar-refractivity contribution in [2.45, 2.75) is 19.4 Å². The van der Waals surface area contributed by atoms with Gasteiger partial charge in [0.25, 0.3) is 0 Å². The third-order valence-electron chi connectivity index (χ3n) is 6.45.